The van der Waals surface area contributed by atoms with Crippen molar-refractivity contribution in [2.45, 2.75) is 0 Å². The van der Waals surface area contributed by atoms with Gasteiger partial charge in [0.25, 0.3) is 0 Å². The van der Waals surface area contributed by atoms with Crippen molar-refractivity contribution < 1.29 is 0 Å². The Labute approximate surface area is 80.3 Å². The largest absolute Gasteiger partial charge is 0.369 e. The van der Waals surface area contributed by atoms with E-state index < -0.39 is 0 Å². The topological polar surface area (TPSA) is 59.6 Å². The first-order chi connectivity index (χ1) is 6.20. The second-order valence-corrected chi connectivity index (χ2v) is 3.13. The normalized spacial score (nSPS) is 10.6. The summed E-state index contributed by atoms with van der Waals surface area (Å²) in [5.74, 6) is 0.418. The summed E-state index contributed by atoms with van der Waals surface area (Å²) in [7, 11) is 1.83. The van der Waals surface area contributed by atoms with E-state index in [0.29, 0.717) is 11.1 Å². The molecule has 2 aromatic heterocycles. The van der Waals surface area contributed by atoms with E-state index in [9.17, 15) is 0 Å². The Hall–Kier alpha value is -1.42. The summed E-state index contributed by atoms with van der Waals surface area (Å²) < 4.78 is 1.76. The lowest BCUT2D eigenvalue weighted by Crippen LogP contribution is -1.97. The van der Waals surface area contributed by atoms with Gasteiger partial charge in [0.1, 0.15) is 0 Å². The van der Waals surface area contributed by atoms with E-state index >= 15 is 0 Å². The predicted molar refractivity (Wildman–Crippen MR) is 52.4 cm³/mol. The smallest absolute Gasteiger partial charge is 0.201 e. The highest BCUT2D eigenvalue weighted by Crippen LogP contribution is 2.28. The van der Waals surface area contributed by atoms with Crippen LogP contribution >= 0.6 is 11.6 Å². The van der Waals surface area contributed by atoms with Crippen LogP contribution in [0.5, 0.6) is 0 Å². The molecule has 0 fully saturated rings. The van der Waals surface area contributed by atoms with E-state index in [0.717, 1.165) is 11.3 Å². The van der Waals surface area contributed by atoms with Gasteiger partial charge >= 0.3 is 0 Å². The number of nitrogens with zero attached hydrogens (tertiary/aromatic N) is 2. The lowest BCUT2D eigenvalue weighted by atomic mass is 10.2. The lowest BCUT2D eigenvalue weighted by Gasteiger charge is -1.99. The van der Waals surface area contributed by atoms with Gasteiger partial charge in [-0.15, -0.1) is 0 Å². The first kappa shape index (κ1) is 8.19. The van der Waals surface area contributed by atoms with E-state index in [-0.39, 0.29) is 0 Å². The second-order valence-electron chi connectivity index (χ2n) is 2.77. The number of nitrogens with one attached hydrogen (secondary N) is 1. The van der Waals surface area contributed by atoms with E-state index in [1.54, 1.807) is 4.57 Å². The van der Waals surface area contributed by atoms with Crippen LogP contribution in [-0.2, 0) is 7.05 Å². The van der Waals surface area contributed by atoms with Crippen molar-refractivity contribution in [3.05, 3.63) is 23.6 Å². The molecule has 0 aliphatic heterocycles. The highest BCUT2D eigenvalue weighted by atomic mass is 35.5. The number of aromatic amines is 1. The summed E-state index contributed by atoms with van der Waals surface area (Å²) >= 11 is 5.92. The average molecular weight is 197 g/mol. The van der Waals surface area contributed by atoms with Crippen LogP contribution in [-0.4, -0.2) is 14.5 Å². The molecule has 0 aliphatic carbocycles. The molecule has 0 radical (unpaired) electrons. The van der Waals surface area contributed by atoms with Crippen molar-refractivity contribution in [1.82, 2.24) is 14.5 Å². The third-order valence-corrected chi connectivity index (χ3v) is 2.22. The maximum Gasteiger partial charge on any atom is 0.201 e. The minimum atomic E-state index is 0.418. The molecule has 0 aromatic carbocycles. The maximum absolute atomic E-state index is 5.92. The molecular weight excluding hydrogens is 188 g/mol. The minimum Gasteiger partial charge on any atom is -0.369 e. The molecule has 0 spiro atoms. The molecule has 2 rings (SSSR count). The summed E-state index contributed by atoms with van der Waals surface area (Å²) in [6.07, 6.45) is 3.68. The van der Waals surface area contributed by atoms with E-state index in [2.05, 4.69) is 9.97 Å². The molecule has 0 saturated carbocycles. The Balaban J connectivity index is 2.64. The molecule has 2 heterocycles. The summed E-state index contributed by atoms with van der Waals surface area (Å²) in [6.45, 7) is 0. The number of H-pyrrole nitrogens is 1. The quantitative estimate of drug-likeness (QED) is 0.729. The molecule has 0 unspecified atom stereocenters. The van der Waals surface area contributed by atoms with E-state index in [1.165, 1.54) is 0 Å². The monoisotopic (exact) mass is 196 g/mol. The minimum absolute atomic E-state index is 0.418. The molecule has 0 bridgehead atoms. The number of hydrogen-bond donors (Lipinski definition) is 2. The zero-order chi connectivity index (χ0) is 9.42. The summed E-state index contributed by atoms with van der Waals surface area (Å²) in [5, 5.41) is 0.430. The zero-order valence-electron chi connectivity index (χ0n) is 7.08. The fraction of sp³-hybridized carbons (Fsp3) is 0.125. The average Bonchev–Trinajstić information content (AvgIpc) is 2.63. The van der Waals surface area contributed by atoms with Crippen molar-refractivity contribution in [2.75, 3.05) is 5.73 Å². The molecule has 0 atom stereocenters. The van der Waals surface area contributed by atoms with Gasteiger partial charge in [0, 0.05) is 25.0 Å². The highest BCUT2D eigenvalue weighted by Gasteiger charge is 2.12. The molecule has 68 valence electrons. The van der Waals surface area contributed by atoms with Crippen LogP contribution in [0.25, 0.3) is 11.3 Å². The van der Waals surface area contributed by atoms with Gasteiger partial charge in [-0.25, -0.2) is 4.98 Å². The van der Waals surface area contributed by atoms with Crippen molar-refractivity contribution >= 4 is 17.5 Å². The summed E-state index contributed by atoms with van der Waals surface area (Å²) in [4.78, 5) is 6.91. The number of halogens is 1. The van der Waals surface area contributed by atoms with Crippen LogP contribution in [0.15, 0.2) is 18.5 Å². The van der Waals surface area contributed by atoms with Crippen molar-refractivity contribution in [3.8, 4) is 11.3 Å². The number of aromatic nitrogens is 3. The Morgan fingerprint density at radius 3 is 2.85 bits per heavy atom. The molecule has 2 aromatic rings. The van der Waals surface area contributed by atoms with Gasteiger partial charge in [0.05, 0.1) is 5.69 Å². The fourth-order valence-electron chi connectivity index (χ4n) is 1.27. The van der Waals surface area contributed by atoms with E-state index in [1.807, 2.05) is 25.5 Å². The molecule has 4 nitrogen and oxygen atoms in total. The van der Waals surface area contributed by atoms with Gasteiger partial charge in [-0.3, -0.25) is 0 Å². The van der Waals surface area contributed by atoms with Crippen LogP contribution in [0.2, 0.25) is 5.15 Å². The van der Waals surface area contributed by atoms with Crippen molar-refractivity contribution in [1.29, 1.82) is 0 Å². The Kier molecular flexibility index (Phi) is 1.77. The lowest BCUT2D eigenvalue weighted by molar-refractivity contribution is 0.938. The van der Waals surface area contributed by atoms with Crippen molar-refractivity contribution in [2.24, 2.45) is 7.05 Å². The molecule has 0 saturated heterocycles. The predicted octanol–water partition coefficient (Wildman–Crippen LogP) is 1.65. The third-order valence-electron chi connectivity index (χ3n) is 1.96. The van der Waals surface area contributed by atoms with Crippen molar-refractivity contribution in [3.63, 3.8) is 0 Å². The first-order valence-electron chi connectivity index (χ1n) is 3.81. The van der Waals surface area contributed by atoms with Gasteiger partial charge in [-0.1, -0.05) is 11.6 Å². The summed E-state index contributed by atoms with van der Waals surface area (Å²) in [6, 6.07) is 1.92. The van der Waals surface area contributed by atoms with Crippen LogP contribution < -0.4 is 5.73 Å². The third kappa shape index (κ3) is 1.19. The molecular formula is C8H9ClN4. The Morgan fingerprint density at radius 2 is 2.38 bits per heavy atom. The number of imidazole rings is 1. The van der Waals surface area contributed by atoms with Gasteiger partial charge in [-0.05, 0) is 6.07 Å². The summed E-state index contributed by atoms with van der Waals surface area (Å²) in [5.41, 5.74) is 7.42. The van der Waals surface area contributed by atoms with Gasteiger partial charge < -0.3 is 15.3 Å². The highest BCUT2D eigenvalue weighted by molar-refractivity contribution is 6.32. The number of nitrogens with two attached hydrogens (primary N) is 1. The fourth-order valence-corrected chi connectivity index (χ4v) is 1.59. The Bertz CT molecular complexity index is 416. The molecule has 0 amide bonds. The molecule has 0 aliphatic rings. The standard InChI is InChI=1S/C8H9ClN4/c1-13-6(5-2-3-11-4-5)7(9)12-8(13)10/h2-4,11H,1H3,(H2,10,12). The number of anilines is 1. The van der Waals surface area contributed by atoms with Gasteiger partial charge in [0.15, 0.2) is 5.15 Å². The Morgan fingerprint density at radius 1 is 1.62 bits per heavy atom. The first-order valence-corrected chi connectivity index (χ1v) is 4.19. The second kappa shape index (κ2) is 2.81. The number of rotatable bonds is 1. The molecule has 5 heteroatoms. The zero-order valence-corrected chi connectivity index (χ0v) is 7.84. The van der Waals surface area contributed by atoms with E-state index in [4.69, 9.17) is 17.3 Å². The van der Waals surface area contributed by atoms with Crippen LogP contribution in [0.4, 0.5) is 5.95 Å². The van der Waals surface area contributed by atoms with Crippen LogP contribution in [0.1, 0.15) is 0 Å². The van der Waals surface area contributed by atoms with Crippen LogP contribution in [0, 0.1) is 0 Å². The van der Waals surface area contributed by atoms with Crippen LogP contribution in [0.3, 0.4) is 0 Å². The molecule has 3 N–H and O–H groups in total. The van der Waals surface area contributed by atoms with Gasteiger partial charge in [0.2, 0.25) is 5.95 Å². The maximum atomic E-state index is 5.92. The SMILES string of the molecule is Cn1c(N)nc(Cl)c1-c1cc[nH]c1. The van der Waals surface area contributed by atoms with Gasteiger partial charge in [-0.2, -0.15) is 0 Å². The number of hydrogen-bond acceptors (Lipinski definition) is 2. The number of nitrogen functional groups attached to an aromatic ring is 1. The molecule has 13 heavy (non-hydrogen) atoms.